The molecular formula is C12H15N. The van der Waals surface area contributed by atoms with E-state index in [2.05, 4.69) is 30.3 Å². The van der Waals surface area contributed by atoms with Gasteiger partial charge in [-0.2, -0.15) is 0 Å². The summed E-state index contributed by atoms with van der Waals surface area (Å²) in [6, 6.07) is 10.6. The lowest BCUT2D eigenvalue weighted by atomic mass is 9.83. The first-order valence-electron chi connectivity index (χ1n) is 4.97. The Balaban J connectivity index is 2.13. The number of rotatable bonds is 1. The summed E-state index contributed by atoms with van der Waals surface area (Å²) in [7, 11) is 0. The van der Waals surface area contributed by atoms with Gasteiger partial charge in [-0.15, -0.1) is 0 Å². The fourth-order valence-corrected chi connectivity index (χ4v) is 2.07. The van der Waals surface area contributed by atoms with Crippen molar-refractivity contribution in [2.24, 2.45) is 0 Å². The fourth-order valence-electron chi connectivity index (χ4n) is 2.07. The molecule has 0 heterocycles. The molecule has 13 heavy (non-hydrogen) atoms. The summed E-state index contributed by atoms with van der Waals surface area (Å²) in [6.07, 6.45) is 4.44. The maximum absolute atomic E-state index is 7.67. The maximum Gasteiger partial charge on any atom is 0.00952 e. The smallest absolute Gasteiger partial charge is 0.00952 e. The highest BCUT2D eigenvalue weighted by Gasteiger charge is 2.17. The summed E-state index contributed by atoms with van der Waals surface area (Å²) < 4.78 is 0. The fraction of sp³-hybridized carbons (Fsp3) is 0.417. The van der Waals surface area contributed by atoms with Gasteiger partial charge in [0.05, 0.1) is 0 Å². The molecule has 1 N–H and O–H groups in total. The van der Waals surface area contributed by atoms with E-state index in [1.165, 1.54) is 18.4 Å². The van der Waals surface area contributed by atoms with Crippen LogP contribution in [0.15, 0.2) is 30.3 Å². The van der Waals surface area contributed by atoms with Gasteiger partial charge in [0.25, 0.3) is 0 Å². The number of hydrogen-bond acceptors (Lipinski definition) is 1. The molecule has 1 atom stereocenters. The van der Waals surface area contributed by atoms with E-state index in [0.717, 1.165) is 18.6 Å². The molecule has 0 aliphatic heterocycles. The highest BCUT2D eigenvalue weighted by Crippen LogP contribution is 2.30. The Morgan fingerprint density at radius 3 is 2.62 bits per heavy atom. The molecule has 0 bridgehead atoms. The lowest BCUT2D eigenvalue weighted by molar-refractivity contribution is 0.576. The Morgan fingerprint density at radius 2 is 1.92 bits per heavy atom. The Bertz CT molecular complexity index is 289. The zero-order chi connectivity index (χ0) is 9.10. The standard InChI is InChI=1S/C12H15N/c13-12-8-4-7-11(9-12)10-5-2-1-3-6-10/h1-3,5-6,11,13H,4,7-9H2. The molecule has 1 saturated carbocycles. The summed E-state index contributed by atoms with van der Waals surface area (Å²) in [4.78, 5) is 0. The highest BCUT2D eigenvalue weighted by atomic mass is 14.4. The SMILES string of the molecule is N=C1CCCC(c2ccccc2)C1. The Hall–Kier alpha value is -1.11. The highest BCUT2D eigenvalue weighted by molar-refractivity contribution is 5.82. The van der Waals surface area contributed by atoms with Crippen LogP contribution in [0.1, 0.15) is 37.2 Å². The predicted octanol–water partition coefficient (Wildman–Crippen LogP) is 3.36. The second kappa shape index (κ2) is 3.73. The molecule has 1 heteroatoms. The van der Waals surface area contributed by atoms with Gasteiger partial charge >= 0.3 is 0 Å². The van der Waals surface area contributed by atoms with Crippen molar-refractivity contribution in [1.29, 1.82) is 5.41 Å². The normalized spacial score (nSPS) is 23.1. The summed E-state index contributed by atoms with van der Waals surface area (Å²) in [5.74, 6) is 0.613. The second-order valence-electron chi connectivity index (χ2n) is 3.81. The predicted molar refractivity (Wildman–Crippen MR) is 55.4 cm³/mol. The molecule has 0 spiro atoms. The lowest BCUT2D eigenvalue weighted by Gasteiger charge is -2.22. The molecule has 1 nitrogen and oxygen atoms in total. The Morgan fingerprint density at radius 1 is 1.15 bits per heavy atom. The van der Waals surface area contributed by atoms with Crippen molar-refractivity contribution in [3.8, 4) is 0 Å². The first kappa shape index (κ1) is 8.49. The van der Waals surface area contributed by atoms with Crippen LogP contribution in [-0.4, -0.2) is 5.71 Å². The monoisotopic (exact) mass is 173 g/mol. The molecule has 1 fully saturated rings. The third-order valence-electron chi connectivity index (χ3n) is 2.79. The Labute approximate surface area is 79.3 Å². The third kappa shape index (κ3) is 1.97. The zero-order valence-corrected chi connectivity index (χ0v) is 7.79. The first-order valence-corrected chi connectivity index (χ1v) is 4.97. The van der Waals surface area contributed by atoms with Crippen LogP contribution in [0.3, 0.4) is 0 Å². The van der Waals surface area contributed by atoms with Crippen LogP contribution in [0.25, 0.3) is 0 Å². The van der Waals surface area contributed by atoms with E-state index in [1.807, 2.05) is 0 Å². The van der Waals surface area contributed by atoms with E-state index in [9.17, 15) is 0 Å². The minimum Gasteiger partial charge on any atom is -0.310 e. The molecule has 0 saturated heterocycles. The number of hydrogen-bond donors (Lipinski definition) is 1. The molecule has 1 aliphatic carbocycles. The van der Waals surface area contributed by atoms with Crippen LogP contribution >= 0.6 is 0 Å². The van der Waals surface area contributed by atoms with Gasteiger partial charge in [-0.05, 0) is 37.2 Å². The van der Waals surface area contributed by atoms with Gasteiger partial charge in [0.15, 0.2) is 0 Å². The second-order valence-corrected chi connectivity index (χ2v) is 3.81. The Kier molecular flexibility index (Phi) is 2.44. The van der Waals surface area contributed by atoms with Gasteiger partial charge in [0.2, 0.25) is 0 Å². The van der Waals surface area contributed by atoms with E-state index < -0.39 is 0 Å². The van der Waals surface area contributed by atoms with Gasteiger partial charge < -0.3 is 5.41 Å². The first-order chi connectivity index (χ1) is 6.36. The van der Waals surface area contributed by atoms with Gasteiger partial charge in [-0.1, -0.05) is 30.3 Å². The molecule has 2 rings (SSSR count). The molecule has 1 unspecified atom stereocenters. The summed E-state index contributed by atoms with van der Waals surface area (Å²) in [5, 5.41) is 7.67. The largest absolute Gasteiger partial charge is 0.310 e. The zero-order valence-electron chi connectivity index (χ0n) is 7.79. The van der Waals surface area contributed by atoms with Crippen LogP contribution in [0, 0.1) is 5.41 Å². The minimum absolute atomic E-state index is 0.613. The van der Waals surface area contributed by atoms with Crippen molar-refractivity contribution in [2.75, 3.05) is 0 Å². The van der Waals surface area contributed by atoms with E-state index >= 15 is 0 Å². The van der Waals surface area contributed by atoms with E-state index in [-0.39, 0.29) is 0 Å². The lowest BCUT2D eigenvalue weighted by Crippen LogP contribution is -2.12. The van der Waals surface area contributed by atoms with Crippen LogP contribution < -0.4 is 0 Å². The van der Waals surface area contributed by atoms with Crippen LogP contribution in [0.4, 0.5) is 0 Å². The molecule has 0 amide bonds. The average molecular weight is 173 g/mol. The van der Waals surface area contributed by atoms with Crippen LogP contribution in [0.5, 0.6) is 0 Å². The van der Waals surface area contributed by atoms with Gasteiger partial charge in [0, 0.05) is 5.71 Å². The van der Waals surface area contributed by atoms with Crippen molar-refractivity contribution in [2.45, 2.75) is 31.6 Å². The molecule has 0 aromatic heterocycles. The van der Waals surface area contributed by atoms with Gasteiger partial charge in [-0.25, -0.2) is 0 Å². The van der Waals surface area contributed by atoms with Crippen LogP contribution in [0.2, 0.25) is 0 Å². The van der Waals surface area contributed by atoms with Crippen molar-refractivity contribution in [3.05, 3.63) is 35.9 Å². The maximum atomic E-state index is 7.67. The molecular weight excluding hydrogens is 158 g/mol. The molecule has 1 aromatic rings. The summed E-state index contributed by atoms with van der Waals surface area (Å²) >= 11 is 0. The van der Waals surface area contributed by atoms with E-state index in [0.29, 0.717) is 5.92 Å². The quantitative estimate of drug-likeness (QED) is 0.673. The van der Waals surface area contributed by atoms with Crippen molar-refractivity contribution in [1.82, 2.24) is 0 Å². The molecule has 68 valence electrons. The van der Waals surface area contributed by atoms with Crippen molar-refractivity contribution < 1.29 is 0 Å². The summed E-state index contributed by atoms with van der Waals surface area (Å²) in [6.45, 7) is 0. The van der Waals surface area contributed by atoms with E-state index in [1.54, 1.807) is 0 Å². The molecule has 0 radical (unpaired) electrons. The van der Waals surface area contributed by atoms with E-state index in [4.69, 9.17) is 5.41 Å². The van der Waals surface area contributed by atoms with Gasteiger partial charge in [0.1, 0.15) is 0 Å². The molecule has 1 aliphatic rings. The topological polar surface area (TPSA) is 23.9 Å². The number of benzene rings is 1. The third-order valence-corrected chi connectivity index (χ3v) is 2.79. The minimum atomic E-state index is 0.613. The van der Waals surface area contributed by atoms with Crippen LogP contribution in [-0.2, 0) is 0 Å². The number of nitrogens with one attached hydrogen (secondary N) is 1. The van der Waals surface area contributed by atoms with Crippen molar-refractivity contribution >= 4 is 5.71 Å². The van der Waals surface area contributed by atoms with Crippen molar-refractivity contribution in [3.63, 3.8) is 0 Å². The average Bonchev–Trinajstić information content (AvgIpc) is 2.19. The molecule has 1 aromatic carbocycles. The van der Waals surface area contributed by atoms with Gasteiger partial charge in [-0.3, -0.25) is 0 Å². The summed E-state index contributed by atoms with van der Waals surface area (Å²) in [5.41, 5.74) is 2.34.